The summed E-state index contributed by atoms with van der Waals surface area (Å²) < 4.78 is 20.2. The predicted molar refractivity (Wildman–Crippen MR) is 136 cm³/mol. The van der Waals surface area contributed by atoms with E-state index in [2.05, 4.69) is 33.0 Å². The van der Waals surface area contributed by atoms with Gasteiger partial charge >= 0.3 is 0 Å². The van der Waals surface area contributed by atoms with E-state index in [1.165, 1.54) is 24.0 Å². The van der Waals surface area contributed by atoms with Crippen molar-refractivity contribution in [3.63, 3.8) is 0 Å². The number of rotatable bonds is 8. The molecule has 1 fully saturated rings. The first kappa shape index (κ1) is 23.0. The van der Waals surface area contributed by atoms with Gasteiger partial charge in [-0.05, 0) is 37.1 Å². The van der Waals surface area contributed by atoms with E-state index in [0.717, 1.165) is 45.7 Å². The molecule has 0 radical (unpaired) electrons. The van der Waals surface area contributed by atoms with Crippen molar-refractivity contribution in [3.8, 4) is 28.6 Å². The summed E-state index contributed by atoms with van der Waals surface area (Å²) in [6.45, 7) is 0. The highest BCUT2D eigenvalue weighted by molar-refractivity contribution is 7.98. The van der Waals surface area contributed by atoms with E-state index >= 15 is 0 Å². The molecule has 2 aromatic heterocycles. The topological polar surface area (TPSA) is 71.3 Å². The van der Waals surface area contributed by atoms with Crippen LogP contribution in [-0.2, 0) is 5.75 Å². The van der Waals surface area contributed by atoms with Crippen molar-refractivity contribution >= 4 is 33.3 Å². The first-order valence-electron chi connectivity index (χ1n) is 11.4. The Hall–Kier alpha value is -2.78. The molecule has 0 bridgehead atoms. The van der Waals surface area contributed by atoms with Crippen molar-refractivity contribution in [2.75, 3.05) is 21.3 Å². The molecule has 4 aromatic rings. The third kappa shape index (κ3) is 4.46. The van der Waals surface area contributed by atoms with Gasteiger partial charge in [-0.15, -0.1) is 21.5 Å². The second kappa shape index (κ2) is 10.2. The lowest BCUT2D eigenvalue weighted by atomic mass is 9.95. The van der Waals surface area contributed by atoms with Gasteiger partial charge in [0.1, 0.15) is 5.01 Å². The van der Waals surface area contributed by atoms with Crippen LogP contribution >= 0.6 is 23.1 Å². The number of fused-ring (bicyclic) bond motifs is 1. The fraction of sp³-hybridized carbons (Fsp3) is 0.400. The highest BCUT2D eigenvalue weighted by Gasteiger charge is 2.26. The summed E-state index contributed by atoms with van der Waals surface area (Å²) in [6, 6.07) is 12.5. The van der Waals surface area contributed by atoms with Gasteiger partial charge in [-0.25, -0.2) is 4.98 Å². The third-order valence-corrected chi connectivity index (χ3v) is 8.36. The van der Waals surface area contributed by atoms with Crippen molar-refractivity contribution < 1.29 is 14.2 Å². The summed E-state index contributed by atoms with van der Waals surface area (Å²) in [5.74, 6) is 3.39. The molecule has 1 aliphatic rings. The molecule has 1 saturated carbocycles. The Bertz CT molecular complexity index is 1220. The second-order valence-corrected chi connectivity index (χ2v) is 10.3. The average Bonchev–Trinajstić information content (AvgIpc) is 3.50. The molecule has 2 aromatic carbocycles. The van der Waals surface area contributed by atoms with Crippen LogP contribution in [0.25, 0.3) is 21.6 Å². The number of hydrogen-bond donors (Lipinski definition) is 0. The zero-order valence-corrected chi connectivity index (χ0v) is 21.2. The lowest BCUT2D eigenvalue weighted by Gasteiger charge is -2.26. The largest absolute Gasteiger partial charge is 0.493 e. The molecule has 1 aliphatic carbocycles. The zero-order valence-electron chi connectivity index (χ0n) is 19.6. The average molecular weight is 497 g/mol. The second-order valence-electron chi connectivity index (χ2n) is 8.25. The van der Waals surface area contributed by atoms with Gasteiger partial charge in [0, 0.05) is 11.6 Å². The quantitative estimate of drug-likeness (QED) is 0.262. The van der Waals surface area contributed by atoms with Crippen LogP contribution in [0.4, 0.5) is 0 Å². The van der Waals surface area contributed by atoms with E-state index in [9.17, 15) is 0 Å². The van der Waals surface area contributed by atoms with Crippen molar-refractivity contribution in [2.24, 2.45) is 0 Å². The summed E-state index contributed by atoms with van der Waals surface area (Å²) in [4.78, 5) is 4.79. The molecular formula is C25H28N4O3S2. The Balaban J connectivity index is 1.52. The standard InChI is InChI=1S/C25H28N4O3S2/c1-30-19-13-16(14-20(31-2)23(19)32-3)24-27-28-25(29(24)17-9-5-4-6-10-17)33-15-22-26-18-11-7-8-12-21(18)34-22/h7-8,11-14,17H,4-6,9-10,15H2,1-3H3. The SMILES string of the molecule is COc1cc(-c2nnc(SCc3nc4ccccc4s3)n2C2CCCCC2)cc(OC)c1OC. The van der Waals surface area contributed by atoms with Crippen molar-refractivity contribution in [3.05, 3.63) is 41.4 Å². The molecule has 178 valence electrons. The van der Waals surface area contributed by atoms with Crippen LogP contribution in [0.5, 0.6) is 17.2 Å². The molecule has 0 aliphatic heterocycles. The van der Waals surface area contributed by atoms with Gasteiger partial charge in [0.05, 0.1) is 37.3 Å². The molecule has 7 nitrogen and oxygen atoms in total. The number of nitrogens with zero attached hydrogens (tertiary/aromatic N) is 4. The molecular weight excluding hydrogens is 468 g/mol. The molecule has 0 spiro atoms. The lowest BCUT2D eigenvalue weighted by molar-refractivity contribution is 0.324. The van der Waals surface area contributed by atoms with E-state index in [1.807, 2.05) is 18.2 Å². The third-order valence-electron chi connectivity index (χ3n) is 6.19. The first-order chi connectivity index (χ1) is 16.7. The Labute approximate surface area is 207 Å². The number of ether oxygens (including phenoxy) is 3. The van der Waals surface area contributed by atoms with Gasteiger partial charge in [0.25, 0.3) is 0 Å². The minimum absolute atomic E-state index is 0.371. The monoisotopic (exact) mass is 496 g/mol. The number of benzene rings is 2. The van der Waals surface area contributed by atoms with Crippen molar-refractivity contribution in [1.29, 1.82) is 0 Å². The number of methoxy groups -OCH3 is 3. The first-order valence-corrected chi connectivity index (χ1v) is 13.2. The Morgan fingerprint density at radius 3 is 2.38 bits per heavy atom. The van der Waals surface area contributed by atoms with E-state index in [-0.39, 0.29) is 0 Å². The number of aromatic nitrogens is 4. The van der Waals surface area contributed by atoms with Gasteiger partial charge in [-0.3, -0.25) is 4.57 Å². The van der Waals surface area contributed by atoms with E-state index in [0.29, 0.717) is 23.3 Å². The summed E-state index contributed by atoms with van der Waals surface area (Å²) in [7, 11) is 4.87. The van der Waals surface area contributed by atoms with Crippen LogP contribution in [0.15, 0.2) is 41.6 Å². The number of hydrogen-bond acceptors (Lipinski definition) is 8. The van der Waals surface area contributed by atoms with Gasteiger partial charge in [-0.2, -0.15) is 0 Å². The summed E-state index contributed by atoms with van der Waals surface area (Å²) in [5, 5.41) is 11.3. The van der Waals surface area contributed by atoms with Crippen LogP contribution in [0.1, 0.15) is 43.2 Å². The molecule has 0 saturated heterocycles. The van der Waals surface area contributed by atoms with E-state index < -0.39 is 0 Å². The van der Waals surface area contributed by atoms with E-state index in [1.54, 1.807) is 44.4 Å². The maximum Gasteiger partial charge on any atom is 0.203 e. The smallest absolute Gasteiger partial charge is 0.203 e. The number of thioether (sulfide) groups is 1. The Kier molecular flexibility index (Phi) is 6.92. The minimum Gasteiger partial charge on any atom is -0.493 e. The number of para-hydroxylation sites is 1. The maximum absolute atomic E-state index is 5.59. The van der Waals surface area contributed by atoms with Gasteiger partial charge < -0.3 is 14.2 Å². The Morgan fingerprint density at radius 1 is 0.971 bits per heavy atom. The van der Waals surface area contributed by atoms with Crippen LogP contribution in [0.2, 0.25) is 0 Å². The normalized spacial score (nSPS) is 14.4. The van der Waals surface area contributed by atoms with Crippen LogP contribution < -0.4 is 14.2 Å². The van der Waals surface area contributed by atoms with Gasteiger partial charge in [0.2, 0.25) is 5.75 Å². The highest BCUT2D eigenvalue weighted by atomic mass is 32.2. The summed E-state index contributed by atoms with van der Waals surface area (Å²) in [5.41, 5.74) is 1.95. The highest BCUT2D eigenvalue weighted by Crippen LogP contribution is 2.43. The molecule has 2 heterocycles. The molecule has 0 amide bonds. The maximum atomic E-state index is 5.59. The van der Waals surface area contributed by atoms with Crippen molar-refractivity contribution in [2.45, 2.75) is 49.1 Å². The van der Waals surface area contributed by atoms with Crippen LogP contribution in [-0.4, -0.2) is 41.1 Å². The van der Waals surface area contributed by atoms with Crippen molar-refractivity contribution in [1.82, 2.24) is 19.7 Å². The fourth-order valence-electron chi connectivity index (χ4n) is 4.56. The van der Waals surface area contributed by atoms with Crippen LogP contribution in [0, 0.1) is 0 Å². The molecule has 9 heteroatoms. The fourth-order valence-corrected chi connectivity index (χ4v) is 6.52. The zero-order chi connectivity index (χ0) is 23.5. The number of thiazole rings is 1. The van der Waals surface area contributed by atoms with E-state index in [4.69, 9.17) is 19.2 Å². The Morgan fingerprint density at radius 2 is 1.71 bits per heavy atom. The molecule has 0 unspecified atom stereocenters. The minimum atomic E-state index is 0.371. The summed E-state index contributed by atoms with van der Waals surface area (Å²) >= 11 is 3.44. The predicted octanol–water partition coefficient (Wildman–Crippen LogP) is 6.38. The molecule has 34 heavy (non-hydrogen) atoms. The molecule has 5 rings (SSSR count). The van der Waals surface area contributed by atoms with Gasteiger partial charge in [-0.1, -0.05) is 43.2 Å². The summed E-state index contributed by atoms with van der Waals surface area (Å²) in [6.07, 6.45) is 5.99. The molecule has 0 atom stereocenters. The lowest BCUT2D eigenvalue weighted by Crippen LogP contribution is -2.15. The molecule has 0 N–H and O–H groups in total. The van der Waals surface area contributed by atoms with Crippen LogP contribution in [0.3, 0.4) is 0 Å². The van der Waals surface area contributed by atoms with Gasteiger partial charge in [0.15, 0.2) is 22.5 Å².